The number of guanidine groups is 3. The Bertz CT molecular complexity index is 2910. The first-order valence-electron chi connectivity index (χ1n) is 25.0. The van der Waals surface area contributed by atoms with Crippen molar-refractivity contribution in [3.63, 3.8) is 0 Å². The maximum atomic E-state index is 14.9. The zero-order chi connectivity index (χ0) is 56.7. The molecule has 0 radical (unpaired) electrons. The number of imidazole rings is 1. The van der Waals surface area contributed by atoms with E-state index in [0.29, 0.717) is 23.2 Å². The highest BCUT2D eigenvalue weighted by Crippen LogP contribution is 2.22. The molecule has 24 N–H and O–H groups in total. The number of carbonyl (C=O) groups is 7. The molecular formula is C49H70N20O8S. The van der Waals surface area contributed by atoms with E-state index in [9.17, 15) is 38.7 Å². The minimum Gasteiger partial charge on any atom is -0.480 e. The second-order valence-electron chi connectivity index (χ2n) is 18.2. The lowest BCUT2D eigenvalue weighted by atomic mass is 10.0. The topological polar surface area (TPSA) is 491 Å². The number of nitrogens with one attached hydrogen (secondary N) is 9. The molecule has 0 aliphatic heterocycles. The first-order chi connectivity index (χ1) is 37.3. The summed E-state index contributed by atoms with van der Waals surface area (Å²) in [6.07, 6.45) is 6.59. The summed E-state index contributed by atoms with van der Waals surface area (Å²) in [5.41, 5.74) is 42.3. The molecule has 3 aromatic heterocycles. The number of carboxylic acids is 1. The number of fused-ring (bicyclic) bond motifs is 2. The van der Waals surface area contributed by atoms with E-state index in [-0.39, 0.29) is 94.6 Å². The highest BCUT2D eigenvalue weighted by molar-refractivity contribution is 7.80. The lowest BCUT2D eigenvalue weighted by Crippen LogP contribution is -2.60. The van der Waals surface area contributed by atoms with Crippen LogP contribution in [0.15, 0.2) is 88.4 Å². The number of H-pyrrole nitrogens is 3. The van der Waals surface area contributed by atoms with Gasteiger partial charge in [0.05, 0.1) is 12.4 Å². The van der Waals surface area contributed by atoms with Crippen LogP contribution in [-0.4, -0.2) is 152 Å². The SMILES string of the molecule is NC(N)=NCCC[C@H](NC(=O)[C@H](CS)NC(=O)[C@H](Cc1c[nH]c2ccccc12)NC(=O)[C@H](Cc1c[nH]c2ccccc12)NC(=O)[C@H](CCCN=C(N)N)NC(=O)[C@@H](N)CCCN=C(N)N)C(=O)N[C@@H](Cc1cnc[nH]1)C(=O)O. The summed E-state index contributed by atoms with van der Waals surface area (Å²) in [5, 5.41) is 27.5. The van der Waals surface area contributed by atoms with E-state index in [4.69, 9.17) is 40.1 Å². The van der Waals surface area contributed by atoms with Crippen molar-refractivity contribution >= 4 is 93.7 Å². The molecule has 0 aliphatic carbocycles. The van der Waals surface area contributed by atoms with E-state index in [1.54, 1.807) is 18.5 Å². The molecule has 5 rings (SSSR count). The van der Waals surface area contributed by atoms with Crippen molar-refractivity contribution in [2.45, 2.75) is 100 Å². The molecule has 7 atom stereocenters. The van der Waals surface area contributed by atoms with Crippen LogP contribution >= 0.6 is 12.6 Å². The third-order valence-electron chi connectivity index (χ3n) is 12.3. The van der Waals surface area contributed by atoms with Crippen molar-refractivity contribution in [2.75, 3.05) is 25.4 Å². The molecule has 0 saturated heterocycles. The fourth-order valence-electron chi connectivity index (χ4n) is 8.31. The van der Waals surface area contributed by atoms with Crippen molar-refractivity contribution in [3.8, 4) is 0 Å². The summed E-state index contributed by atoms with van der Waals surface area (Å²) in [4.78, 5) is 123. The largest absolute Gasteiger partial charge is 0.480 e. The van der Waals surface area contributed by atoms with Crippen LogP contribution in [0.2, 0.25) is 0 Å². The zero-order valence-corrected chi connectivity index (χ0v) is 43.6. The van der Waals surface area contributed by atoms with Gasteiger partial charge in [-0.2, -0.15) is 12.6 Å². The molecule has 3 heterocycles. The Labute approximate surface area is 453 Å². The minimum absolute atomic E-state index is 0.0133. The Morgan fingerprint density at radius 3 is 1.36 bits per heavy atom. The van der Waals surface area contributed by atoms with E-state index < -0.39 is 83.7 Å². The Balaban J connectivity index is 1.44. The van der Waals surface area contributed by atoms with E-state index >= 15 is 0 Å². The van der Waals surface area contributed by atoms with Crippen LogP contribution in [0.25, 0.3) is 21.8 Å². The molecule has 2 aromatic carbocycles. The third-order valence-corrected chi connectivity index (χ3v) is 12.7. The van der Waals surface area contributed by atoms with Gasteiger partial charge in [0.15, 0.2) is 17.9 Å². The number of aliphatic carboxylic acids is 1. The summed E-state index contributed by atoms with van der Waals surface area (Å²) in [6.45, 7) is 0.381. The van der Waals surface area contributed by atoms with Crippen molar-refractivity contribution < 1.29 is 38.7 Å². The summed E-state index contributed by atoms with van der Waals surface area (Å²) in [5.74, 6) is -6.98. The highest BCUT2D eigenvalue weighted by Gasteiger charge is 2.34. The van der Waals surface area contributed by atoms with Crippen LogP contribution in [0.4, 0.5) is 0 Å². The number of benzene rings is 2. The summed E-state index contributed by atoms with van der Waals surface area (Å²) < 4.78 is 0. The van der Waals surface area contributed by atoms with Gasteiger partial charge in [0.1, 0.15) is 36.3 Å². The average Bonchev–Trinajstić information content (AvgIpc) is 4.25. The molecule has 29 heteroatoms. The number of hydrogen-bond acceptors (Lipinski definition) is 13. The molecule has 0 bridgehead atoms. The number of rotatable bonds is 32. The fraction of sp³-hybridized carbons (Fsp3) is 0.408. The minimum atomic E-state index is -1.43. The van der Waals surface area contributed by atoms with Crippen LogP contribution < -0.4 is 72.0 Å². The van der Waals surface area contributed by atoms with Gasteiger partial charge in [-0.05, 0) is 61.8 Å². The summed E-state index contributed by atoms with van der Waals surface area (Å²) >= 11 is 4.37. The number of thiol groups is 1. The second kappa shape index (κ2) is 30.0. The van der Waals surface area contributed by atoms with Gasteiger partial charge in [-0.1, -0.05) is 36.4 Å². The summed E-state index contributed by atoms with van der Waals surface area (Å²) in [7, 11) is 0. The number of aliphatic imine (C=N–C) groups is 3. The molecule has 0 aliphatic rings. The van der Waals surface area contributed by atoms with Crippen LogP contribution in [0.1, 0.15) is 55.3 Å². The first kappa shape index (κ1) is 60.0. The zero-order valence-electron chi connectivity index (χ0n) is 42.7. The Hall–Kier alpha value is -8.86. The number of nitrogens with two attached hydrogens (primary N) is 7. The molecular weight excluding hydrogens is 1030 g/mol. The molecule has 0 saturated carbocycles. The maximum absolute atomic E-state index is 14.9. The lowest BCUT2D eigenvalue weighted by molar-refractivity contribution is -0.142. The number of carboxylic acid groups (broad SMARTS) is 1. The predicted octanol–water partition coefficient (Wildman–Crippen LogP) is -3.19. The second-order valence-corrected chi connectivity index (χ2v) is 18.6. The summed E-state index contributed by atoms with van der Waals surface area (Å²) in [6, 6.07) is 5.21. The van der Waals surface area contributed by atoms with Crippen molar-refractivity contribution in [1.29, 1.82) is 0 Å². The molecule has 0 fully saturated rings. The van der Waals surface area contributed by atoms with E-state index in [0.717, 1.165) is 21.8 Å². The smallest absolute Gasteiger partial charge is 0.326 e. The van der Waals surface area contributed by atoms with Gasteiger partial charge in [-0.15, -0.1) is 0 Å². The van der Waals surface area contributed by atoms with Gasteiger partial charge in [-0.3, -0.25) is 43.7 Å². The number of para-hydroxylation sites is 2. The van der Waals surface area contributed by atoms with Gasteiger partial charge >= 0.3 is 5.97 Å². The number of aromatic amines is 3. The fourth-order valence-corrected chi connectivity index (χ4v) is 8.56. The Morgan fingerprint density at radius 2 is 0.923 bits per heavy atom. The third kappa shape index (κ3) is 18.8. The predicted molar refractivity (Wildman–Crippen MR) is 297 cm³/mol. The van der Waals surface area contributed by atoms with Crippen LogP contribution in [-0.2, 0) is 52.8 Å². The number of amides is 6. The van der Waals surface area contributed by atoms with Crippen molar-refractivity contribution in [3.05, 3.63) is 90.3 Å². The number of hydrogen-bond donors (Lipinski definition) is 18. The van der Waals surface area contributed by atoms with Crippen molar-refractivity contribution in [1.82, 2.24) is 51.8 Å². The molecule has 28 nitrogen and oxygen atoms in total. The monoisotopic (exact) mass is 1100 g/mol. The standard InChI is InChI=1S/C49H70N20O8S/c50-31(10-5-15-58-47(51)52)40(70)64-34(13-6-16-59-48(53)54)41(71)66-36(18-26-21-61-32-11-3-1-8-29(26)32)43(73)67-37(19-27-22-62-33-12-4-2-9-30(27)33)44(74)69-39(24-78)45(75)65-35(14-7-17-60-49(55)56)42(72)68-38(46(76)77)20-28-23-57-25-63-28/h1-4,8-9,11-12,21-23,25,31,34-39,61-62,78H,5-7,10,13-20,24,50H2,(H,57,63)(H,64,70)(H,65,75)(H,66,71)(H,67,73)(H,68,72)(H,69,74)(H,76,77)(H4,51,52,58)(H4,53,54,59)(H4,55,56,60)/t31-,34-,35-,36-,37-,38-,39-/m0/s1. The van der Waals surface area contributed by atoms with Gasteiger partial charge in [-0.25, -0.2) is 9.78 Å². The van der Waals surface area contributed by atoms with E-state index in [1.165, 1.54) is 12.5 Å². The molecule has 420 valence electrons. The first-order valence-corrected chi connectivity index (χ1v) is 25.6. The van der Waals surface area contributed by atoms with Crippen LogP contribution in [0, 0.1) is 0 Å². The lowest BCUT2D eigenvalue weighted by Gasteiger charge is -2.27. The number of aromatic nitrogens is 4. The normalized spacial score (nSPS) is 13.8. The molecule has 6 amide bonds. The Kier molecular flexibility index (Phi) is 23.1. The van der Waals surface area contributed by atoms with Gasteiger partial charge in [0, 0.05) is 90.7 Å². The van der Waals surface area contributed by atoms with Crippen molar-refractivity contribution in [2.24, 2.45) is 55.1 Å². The van der Waals surface area contributed by atoms with Gasteiger partial charge in [0.25, 0.3) is 0 Å². The average molecular weight is 1100 g/mol. The molecule has 0 unspecified atom stereocenters. The Morgan fingerprint density at radius 1 is 0.526 bits per heavy atom. The van der Waals surface area contributed by atoms with Crippen LogP contribution in [0.3, 0.4) is 0 Å². The quantitative estimate of drug-likeness (QED) is 0.00873. The van der Waals surface area contributed by atoms with Gasteiger partial charge in [0.2, 0.25) is 35.4 Å². The van der Waals surface area contributed by atoms with E-state index in [1.807, 2.05) is 42.5 Å². The van der Waals surface area contributed by atoms with Crippen LogP contribution in [0.5, 0.6) is 0 Å². The highest BCUT2D eigenvalue weighted by atomic mass is 32.1. The number of carbonyl (C=O) groups excluding carboxylic acids is 6. The molecule has 0 spiro atoms. The van der Waals surface area contributed by atoms with E-state index in [2.05, 4.69) is 79.4 Å². The number of nitrogens with zero attached hydrogens (tertiary/aromatic N) is 4. The maximum Gasteiger partial charge on any atom is 0.326 e. The van der Waals surface area contributed by atoms with Gasteiger partial charge < -0.3 is 92.1 Å². The molecule has 5 aromatic rings. The molecule has 78 heavy (non-hydrogen) atoms.